The van der Waals surface area contributed by atoms with Gasteiger partial charge in [-0.15, -0.1) is 0 Å². The van der Waals surface area contributed by atoms with Crippen LogP contribution in [0.2, 0.25) is 0 Å². The van der Waals surface area contributed by atoms with Crippen molar-refractivity contribution in [2.75, 3.05) is 26.2 Å². The number of likely N-dealkylation sites (tertiary alicyclic amines) is 2. The minimum Gasteiger partial charge on any atom is -0.393 e. The van der Waals surface area contributed by atoms with Gasteiger partial charge in [-0.25, -0.2) is 0 Å². The first-order chi connectivity index (χ1) is 9.00. The van der Waals surface area contributed by atoms with Gasteiger partial charge in [-0.3, -0.25) is 0 Å². The number of hydrogen-bond acceptors (Lipinski definition) is 3. The lowest BCUT2D eigenvalue weighted by molar-refractivity contribution is 0.0685. The quantitative estimate of drug-likeness (QED) is 0.836. The molecule has 0 aromatic heterocycles. The Balaban J connectivity index is 0.000000191. The monoisotopic (exact) mass is 270 g/mol. The van der Waals surface area contributed by atoms with E-state index >= 15 is 0 Å². The molecule has 2 aliphatic heterocycles. The van der Waals surface area contributed by atoms with Crippen molar-refractivity contribution in [1.29, 1.82) is 0 Å². The summed E-state index contributed by atoms with van der Waals surface area (Å²) in [7, 11) is 0. The number of nitrogens with zero attached hydrogens (tertiary/aromatic N) is 2. The van der Waals surface area contributed by atoms with E-state index in [1.54, 1.807) is 0 Å². The molecule has 0 aromatic carbocycles. The van der Waals surface area contributed by atoms with Crippen molar-refractivity contribution in [2.45, 2.75) is 78.0 Å². The maximum atomic E-state index is 9.18. The fourth-order valence-corrected chi connectivity index (χ4v) is 2.84. The third-order valence-corrected chi connectivity index (χ3v) is 4.35. The second kappa shape index (κ2) is 8.93. The van der Waals surface area contributed by atoms with Crippen LogP contribution in [0.15, 0.2) is 0 Å². The average molecular weight is 270 g/mol. The van der Waals surface area contributed by atoms with Gasteiger partial charge < -0.3 is 14.9 Å². The molecule has 0 unspecified atom stereocenters. The summed E-state index contributed by atoms with van der Waals surface area (Å²) in [6.07, 6.45) is 6.16. The molecule has 2 fully saturated rings. The maximum Gasteiger partial charge on any atom is 0.0564 e. The highest BCUT2D eigenvalue weighted by molar-refractivity contribution is 4.73. The van der Waals surface area contributed by atoms with Gasteiger partial charge in [-0.2, -0.15) is 0 Å². The number of hydrogen-bond donors (Lipinski definition) is 1. The van der Waals surface area contributed by atoms with Crippen molar-refractivity contribution in [3.8, 4) is 0 Å². The number of aliphatic hydroxyl groups excluding tert-OH is 1. The molecule has 0 aromatic rings. The van der Waals surface area contributed by atoms with E-state index in [2.05, 4.69) is 37.5 Å². The third-order valence-electron chi connectivity index (χ3n) is 4.35. The van der Waals surface area contributed by atoms with Crippen LogP contribution >= 0.6 is 0 Å². The van der Waals surface area contributed by atoms with E-state index in [0.29, 0.717) is 6.04 Å². The van der Waals surface area contributed by atoms with Crippen LogP contribution in [-0.2, 0) is 0 Å². The Morgan fingerprint density at radius 3 is 1.53 bits per heavy atom. The van der Waals surface area contributed by atoms with E-state index in [1.807, 2.05) is 0 Å². The Hall–Kier alpha value is -0.120. The standard InChI is InChI=1S/C8H17NO.C8H17N/c1-7(2)9-5-3-8(10)4-6-9;1-8(2)9-6-4-3-5-7-9/h7-8,10H,3-6H2,1-2H3;8H,3-7H2,1-2H3. The summed E-state index contributed by atoms with van der Waals surface area (Å²) in [5, 5.41) is 9.18. The first-order valence-corrected chi connectivity index (χ1v) is 8.17. The molecule has 0 aliphatic carbocycles. The van der Waals surface area contributed by atoms with E-state index in [-0.39, 0.29) is 6.10 Å². The summed E-state index contributed by atoms with van der Waals surface area (Å²) in [6.45, 7) is 13.8. The minimum absolute atomic E-state index is 0.0324. The van der Waals surface area contributed by atoms with Gasteiger partial charge in [0.25, 0.3) is 0 Å². The zero-order valence-corrected chi connectivity index (χ0v) is 13.4. The van der Waals surface area contributed by atoms with Crippen LogP contribution in [0.4, 0.5) is 0 Å². The molecule has 0 saturated carbocycles. The van der Waals surface area contributed by atoms with Gasteiger partial charge in [-0.1, -0.05) is 6.42 Å². The van der Waals surface area contributed by atoms with Crippen molar-refractivity contribution >= 4 is 0 Å². The Labute approximate surface area is 120 Å². The largest absolute Gasteiger partial charge is 0.393 e. The Kier molecular flexibility index (Phi) is 7.96. The molecule has 0 atom stereocenters. The second-order valence-electron chi connectivity index (χ2n) is 6.55. The van der Waals surface area contributed by atoms with Gasteiger partial charge in [0.2, 0.25) is 0 Å². The van der Waals surface area contributed by atoms with E-state index in [0.717, 1.165) is 32.0 Å². The molecule has 3 nitrogen and oxygen atoms in total. The van der Waals surface area contributed by atoms with Crippen molar-refractivity contribution in [3.63, 3.8) is 0 Å². The molecule has 2 rings (SSSR count). The summed E-state index contributed by atoms with van der Waals surface area (Å²) >= 11 is 0. The molecule has 2 heterocycles. The van der Waals surface area contributed by atoms with E-state index < -0.39 is 0 Å². The van der Waals surface area contributed by atoms with Gasteiger partial charge in [0.15, 0.2) is 0 Å². The maximum absolute atomic E-state index is 9.18. The van der Waals surface area contributed by atoms with E-state index in [9.17, 15) is 5.11 Å². The summed E-state index contributed by atoms with van der Waals surface area (Å²) in [4.78, 5) is 4.97. The second-order valence-corrected chi connectivity index (χ2v) is 6.55. The van der Waals surface area contributed by atoms with Gasteiger partial charge in [0, 0.05) is 25.2 Å². The van der Waals surface area contributed by atoms with Crippen LogP contribution in [0, 0.1) is 0 Å². The summed E-state index contributed by atoms with van der Waals surface area (Å²) in [5.41, 5.74) is 0. The first kappa shape index (κ1) is 16.9. The molecule has 0 spiro atoms. The van der Waals surface area contributed by atoms with E-state index in [1.165, 1.54) is 32.4 Å². The average Bonchev–Trinajstić information content (AvgIpc) is 2.41. The van der Waals surface area contributed by atoms with Crippen molar-refractivity contribution < 1.29 is 5.11 Å². The lowest BCUT2D eigenvalue weighted by atomic mass is 10.1. The zero-order valence-electron chi connectivity index (χ0n) is 13.4. The van der Waals surface area contributed by atoms with Crippen LogP contribution in [0.5, 0.6) is 0 Å². The fraction of sp³-hybridized carbons (Fsp3) is 1.00. The van der Waals surface area contributed by atoms with Crippen LogP contribution in [0.1, 0.15) is 59.8 Å². The highest BCUT2D eigenvalue weighted by atomic mass is 16.3. The van der Waals surface area contributed by atoms with E-state index in [4.69, 9.17) is 0 Å². The molecular weight excluding hydrogens is 236 g/mol. The van der Waals surface area contributed by atoms with Crippen LogP contribution in [0.25, 0.3) is 0 Å². The fourth-order valence-electron chi connectivity index (χ4n) is 2.84. The molecule has 0 amide bonds. The van der Waals surface area contributed by atoms with Gasteiger partial charge in [0.1, 0.15) is 0 Å². The third kappa shape index (κ3) is 6.73. The molecule has 0 radical (unpaired) electrons. The predicted octanol–water partition coefficient (Wildman–Crippen LogP) is 2.73. The summed E-state index contributed by atoms with van der Waals surface area (Å²) in [5.74, 6) is 0. The lowest BCUT2D eigenvalue weighted by Crippen LogP contribution is -2.39. The highest BCUT2D eigenvalue weighted by Gasteiger charge is 2.18. The van der Waals surface area contributed by atoms with Crippen LogP contribution < -0.4 is 0 Å². The van der Waals surface area contributed by atoms with Crippen molar-refractivity contribution in [3.05, 3.63) is 0 Å². The van der Waals surface area contributed by atoms with Gasteiger partial charge >= 0.3 is 0 Å². The Morgan fingerprint density at radius 2 is 1.16 bits per heavy atom. The molecule has 0 bridgehead atoms. The van der Waals surface area contributed by atoms with Crippen molar-refractivity contribution in [1.82, 2.24) is 9.80 Å². The number of aliphatic hydroxyl groups is 1. The minimum atomic E-state index is -0.0324. The summed E-state index contributed by atoms with van der Waals surface area (Å²) < 4.78 is 0. The Morgan fingerprint density at radius 1 is 0.737 bits per heavy atom. The SMILES string of the molecule is CC(C)N1CCC(O)CC1.CC(C)N1CCCCC1. The molecule has 19 heavy (non-hydrogen) atoms. The lowest BCUT2D eigenvalue weighted by Gasteiger charge is -2.32. The number of rotatable bonds is 2. The van der Waals surface area contributed by atoms with Gasteiger partial charge in [0.05, 0.1) is 6.10 Å². The summed E-state index contributed by atoms with van der Waals surface area (Å²) in [6, 6.07) is 1.41. The normalized spacial score (nSPS) is 23.5. The topological polar surface area (TPSA) is 26.7 Å². The van der Waals surface area contributed by atoms with Crippen molar-refractivity contribution in [2.24, 2.45) is 0 Å². The van der Waals surface area contributed by atoms with Crippen LogP contribution in [0.3, 0.4) is 0 Å². The van der Waals surface area contributed by atoms with Crippen LogP contribution in [-0.4, -0.2) is 59.3 Å². The van der Waals surface area contributed by atoms with Gasteiger partial charge in [-0.05, 0) is 66.5 Å². The molecule has 114 valence electrons. The molecular formula is C16H34N2O. The highest BCUT2D eigenvalue weighted by Crippen LogP contribution is 2.12. The zero-order chi connectivity index (χ0) is 14.3. The Bertz CT molecular complexity index is 217. The smallest absolute Gasteiger partial charge is 0.0564 e. The first-order valence-electron chi connectivity index (χ1n) is 8.17. The molecule has 2 saturated heterocycles. The molecule has 3 heteroatoms. The molecule has 1 N–H and O–H groups in total. The predicted molar refractivity (Wildman–Crippen MR) is 82.5 cm³/mol. The number of piperidine rings is 2. The molecule has 2 aliphatic rings.